The molecule has 0 radical (unpaired) electrons. The van der Waals surface area contributed by atoms with Crippen molar-refractivity contribution in [3.05, 3.63) is 96.1 Å². The molecule has 0 saturated carbocycles. The number of para-hydroxylation sites is 1. The Morgan fingerprint density at radius 3 is 2.10 bits per heavy atom. The third kappa shape index (κ3) is 6.76. The number of carbonyl (C=O) groups is 1. The molecule has 3 rings (SSSR count). The summed E-state index contributed by atoms with van der Waals surface area (Å²) in [6, 6.07) is 28.7. The molecule has 0 saturated heterocycles. The zero-order chi connectivity index (χ0) is 20.3. The van der Waals surface area contributed by atoms with Crippen LogP contribution in [0.2, 0.25) is 0 Å². The second-order valence-corrected chi connectivity index (χ2v) is 8.66. The first-order valence-electron chi connectivity index (χ1n) is 9.94. The van der Waals surface area contributed by atoms with Crippen LogP contribution in [-0.4, -0.2) is 17.8 Å². The summed E-state index contributed by atoms with van der Waals surface area (Å²) in [7, 11) is 0. The summed E-state index contributed by atoms with van der Waals surface area (Å²) in [4.78, 5) is 16.4. The summed E-state index contributed by atoms with van der Waals surface area (Å²) in [5.41, 5.74) is 3.36. The van der Waals surface area contributed by atoms with Gasteiger partial charge in [-0.1, -0.05) is 88.7 Å². The molecule has 2 nitrogen and oxygen atoms in total. The number of hydrogen-bond acceptors (Lipinski definition) is 2. The second-order valence-electron chi connectivity index (χ2n) is 6.85. The summed E-state index contributed by atoms with van der Waals surface area (Å²) < 4.78 is 0. The molecule has 0 unspecified atom stereocenters. The minimum absolute atomic E-state index is 0.151. The van der Waals surface area contributed by atoms with E-state index in [0.29, 0.717) is 6.42 Å². The van der Waals surface area contributed by atoms with Gasteiger partial charge < -0.3 is 4.90 Å². The first kappa shape index (κ1) is 21.7. The Hall–Kier alpha value is -2.04. The minimum Gasteiger partial charge on any atom is -0.311 e. The average molecular weight is 468 g/mol. The summed E-state index contributed by atoms with van der Waals surface area (Å²) in [6.07, 6.45) is 2.45. The Balaban J connectivity index is 1.79. The molecule has 0 spiro atoms. The van der Waals surface area contributed by atoms with Crippen LogP contribution < -0.4 is 4.90 Å². The molecule has 0 heterocycles. The number of nitrogens with zero attached hydrogens (tertiary/aromatic N) is 1. The van der Waals surface area contributed by atoms with Gasteiger partial charge in [-0.2, -0.15) is 0 Å². The van der Waals surface area contributed by atoms with E-state index in [1.54, 1.807) is 11.8 Å². The number of benzene rings is 3. The van der Waals surface area contributed by atoms with Crippen LogP contribution in [0.4, 0.5) is 5.69 Å². The molecular weight excluding hydrogens is 442 g/mol. The molecule has 0 atom stereocenters. The molecular formula is C25H26BrNOS. The normalized spacial score (nSPS) is 10.7. The molecule has 0 N–H and O–H groups in total. The molecule has 0 aromatic heterocycles. The maximum atomic E-state index is 13.2. The molecule has 0 bridgehead atoms. The van der Waals surface area contributed by atoms with Crippen molar-refractivity contribution in [2.24, 2.45) is 0 Å². The molecule has 0 fully saturated rings. The van der Waals surface area contributed by atoms with E-state index >= 15 is 0 Å². The van der Waals surface area contributed by atoms with E-state index in [4.69, 9.17) is 0 Å². The number of amides is 1. The molecule has 150 valence electrons. The van der Waals surface area contributed by atoms with Crippen molar-refractivity contribution in [1.29, 1.82) is 0 Å². The lowest BCUT2D eigenvalue weighted by Gasteiger charge is -2.25. The summed E-state index contributed by atoms with van der Waals surface area (Å²) in [5.74, 6) is 1.04. The Kier molecular flexibility index (Phi) is 8.84. The number of carbonyl (C=O) groups excluding carboxylic acids is 1. The van der Waals surface area contributed by atoms with Crippen molar-refractivity contribution in [2.75, 3.05) is 16.8 Å². The second kappa shape index (κ2) is 11.8. The van der Waals surface area contributed by atoms with Crippen LogP contribution in [0.3, 0.4) is 0 Å². The van der Waals surface area contributed by atoms with Crippen LogP contribution >= 0.6 is 27.7 Å². The highest BCUT2D eigenvalue weighted by Crippen LogP contribution is 2.33. The summed E-state index contributed by atoms with van der Waals surface area (Å²) >= 11 is 5.29. The number of rotatable bonds is 10. The number of unbranched alkanes of at least 4 members (excludes halogenated alkanes) is 1. The Labute approximate surface area is 186 Å². The molecule has 29 heavy (non-hydrogen) atoms. The van der Waals surface area contributed by atoms with Crippen LogP contribution in [0, 0.1) is 0 Å². The van der Waals surface area contributed by atoms with Gasteiger partial charge in [0.1, 0.15) is 0 Å². The third-order valence-electron chi connectivity index (χ3n) is 4.66. The third-order valence-corrected chi connectivity index (χ3v) is 6.35. The van der Waals surface area contributed by atoms with Crippen LogP contribution in [-0.2, 0) is 17.0 Å². The van der Waals surface area contributed by atoms with Gasteiger partial charge in [0.05, 0.1) is 12.1 Å². The van der Waals surface area contributed by atoms with Crippen LogP contribution in [0.15, 0.2) is 89.8 Å². The fourth-order valence-electron chi connectivity index (χ4n) is 3.15. The van der Waals surface area contributed by atoms with E-state index in [1.165, 1.54) is 5.56 Å². The molecule has 0 aliphatic rings. The first-order valence-corrected chi connectivity index (χ1v) is 12.0. The Bertz CT molecular complexity index is 886. The largest absolute Gasteiger partial charge is 0.311 e. The van der Waals surface area contributed by atoms with E-state index in [2.05, 4.69) is 58.4 Å². The van der Waals surface area contributed by atoms with Gasteiger partial charge in [0.25, 0.3) is 0 Å². The van der Waals surface area contributed by atoms with E-state index < -0.39 is 0 Å². The van der Waals surface area contributed by atoms with Crippen molar-refractivity contribution in [1.82, 2.24) is 0 Å². The first-order chi connectivity index (χ1) is 14.3. The van der Waals surface area contributed by atoms with Gasteiger partial charge in [0, 0.05) is 22.5 Å². The van der Waals surface area contributed by atoms with E-state index in [9.17, 15) is 4.79 Å². The summed E-state index contributed by atoms with van der Waals surface area (Å²) in [6.45, 7) is 0.736. The van der Waals surface area contributed by atoms with E-state index in [0.717, 1.165) is 46.6 Å². The number of anilines is 1. The van der Waals surface area contributed by atoms with Gasteiger partial charge in [-0.05, 0) is 36.1 Å². The molecule has 0 aliphatic heterocycles. The minimum atomic E-state index is 0.151. The highest BCUT2D eigenvalue weighted by Gasteiger charge is 2.19. The maximum absolute atomic E-state index is 13.2. The van der Waals surface area contributed by atoms with Crippen molar-refractivity contribution < 1.29 is 4.79 Å². The van der Waals surface area contributed by atoms with Gasteiger partial charge in [-0.25, -0.2) is 0 Å². The van der Waals surface area contributed by atoms with Crippen molar-refractivity contribution in [2.45, 2.75) is 29.9 Å². The number of alkyl halides is 1. The standard InChI is InChI=1S/C25H26BrNOS/c26-17-9-10-18-27(25(28)19-21-11-3-1-4-12-21)23-15-7-8-16-24(23)29-20-22-13-5-2-6-14-22/h1-8,11-16H,9-10,17-20H2. The molecule has 0 aliphatic carbocycles. The van der Waals surface area contributed by atoms with Crippen molar-refractivity contribution >= 4 is 39.3 Å². The van der Waals surface area contributed by atoms with Gasteiger partial charge in [0.15, 0.2) is 0 Å². The smallest absolute Gasteiger partial charge is 0.231 e. The van der Waals surface area contributed by atoms with Crippen molar-refractivity contribution in [3.8, 4) is 0 Å². The fourth-order valence-corrected chi connectivity index (χ4v) is 4.56. The predicted molar refractivity (Wildman–Crippen MR) is 128 cm³/mol. The zero-order valence-electron chi connectivity index (χ0n) is 16.5. The Morgan fingerprint density at radius 1 is 0.793 bits per heavy atom. The van der Waals surface area contributed by atoms with Gasteiger partial charge in [0.2, 0.25) is 5.91 Å². The summed E-state index contributed by atoms with van der Waals surface area (Å²) in [5, 5.41) is 0.956. The van der Waals surface area contributed by atoms with Crippen LogP contribution in [0.25, 0.3) is 0 Å². The lowest BCUT2D eigenvalue weighted by Crippen LogP contribution is -2.33. The maximum Gasteiger partial charge on any atom is 0.231 e. The van der Waals surface area contributed by atoms with Crippen molar-refractivity contribution in [3.63, 3.8) is 0 Å². The SMILES string of the molecule is O=C(Cc1ccccc1)N(CCCCBr)c1ccccc1SCc1ccccc1. The quantitative estimate of drug-likeness (QED) is 0.187. The van der Waals surface area contributed by atoms with Gasteiger partial charge in [-0.3, -0.25) is 4.79 Å². The average Bonchev–Trinajstić information content (AvgIpc) is 2.77. The molecule has 3 aromatic carbocycles. The van der Waals surface area contributed by atoms with E-state index in [1.807, 2.05) is 47.4 Å². The topological polar surface area (TPSA) is 20.3 Å². The lowest BCUT2D eigenvalue weighted by atomic mass is 10.1. The van der Waals surface area contributed by atoms with Gasteiger partial charge >= 0.3 is 0 Å². The Morgan fingerprint density at radius 2 is 1.41 bits per heavy atom. The van der Waals surface area contributed by atoms with E-state index in [-0.39, 0.29) is 5.91 Å². The predicted octanol–water partition coefficient (Wildman–Crippen LogP) is 6.73. The number of hydrogen-bond donors (Lipinski definition) is 0. The number of thioether (sulfide) groups is 1. The highest BCUT2D eigenvalue weighted by atomic mass is 79.9. The molecule has 1 amide bonds. The van der Waals surface area contributed by atoms with Crippen LogP contribution in [0.5, 0.6) is 0 Å². The fraction of sp³-hybridized carbons (Fsp3) is 0.240. The lowest BCUT2D eigenvalue weighted by molar-refractivity contribution is -0.118. The van der Waals surface area contributed by atoms with Gasteiger partial charge in [-0.15, -0.1) is 11.8 Å². The highest BCUT2D eigenvalue weighted by molar-refractivity contribution is 9.09. The van der Waals surface area contributed by atoms with Crippen LogP contribution in [0.1, 0.15) is 24.0 Å². The monoisotopic (exact) mass is 467 g/mol. The number of halogens is 1. The molecule has 4 heteroatoms. The molecule has 3 aromatic rings. The zero-order valence-corrected chi connectivity index (χ0v) is 18.9.